The number of ether oxygens (including phenoxy) is 1. The predicted molar refractivity (Wildman–Crippen MR) is 52.7 cm³/mol. The van der Waals surface area contributed by atoms with Gasteiger partial charge in [-0.1, -0.05) is 20.8 Å². The Hall–Kier alpha value is -0.860. The van der Waals surface area contributed by atoms with E-state index in [1.54, 1.807) is 0 Å². The highest BCUT2D eigenvalue weighted by atomic mass is 16.5. The van der Waals surface area contributed by atoms with E-state index in [1.807, 2.05) is 20.8 Å². The van der Waals surface area contributed by atoms with Crippen LogP contribution in [0, 0.1) is 17.3 Å². The van der Waals surface area contributed by atoms with Crippen LogP contribution in [0.5, 0.6) is 0 Å². The number of carbonyl (C=O) groups excluding carboxylic acids is 2. The first-order valence-corrected chi connectivity index (χ1v) is 5.02. The van der Waals surface area contributed by atoms with E-state index in [0.29, 0.717) is 0 Å². The zero-order valence-corrected chi connectivity index (χ0v) is 9.29. The van der Waals surface area contributed by atoms with E-state index >= 15 is 0 Å². The van der Waals surface area contributed by atoms with Gasteiger partial charge in [-0.25, -0.2) is 0 Å². The highest BCUT2D eigenvalue weighted by molar-refractivity contribution is 6.02. The minimum atomic E-state index is -0.552. The number of rotatable bonds is 1. The molecule has 0 aromatic carbocycles. The van der Waals surface area contributed by atoms with Crippen LogP contribution in [0.3, 0.4) is 0 Å². The van der Waals surface area contributed by atoms with Crippen molar-refractivity contribution < 1.29 is 14.3 Å². The summed E-state index contributed by atoms with van der Waals surface area (Å²) in [5.74, 6) is -0.787. The molecule has 1 saturated carbocycles. The summed E-state index contributed by atoms with van der Waals surface area (Å²) in [4.78, 5) is 23.4. The van der Waals surface area contributed by atoms with Crippen molar-refractivity contribution in [1.29, 1.82) is 0 Å². The molecule has 0 aromatic heterocycles. The van der Waals surface area contributed by atoms with Gasteiger partial charge >= 0.3 is 5.97 Å². The Morgan fingerprint density at radius 3 is 2.57 bits per heavy atom. The van der Waals surface area contributed by atoms with Gasteiger partial charge in [0.25, 0.3) is 0 Å². The Bertz CT molecular complexity index is 255. The Labute approximate surface area is 84.8 Å². The van der Waals surface area contributed by atoms with Crippen molar-refractivity contribution >= 4 is 11.8 Å². The third kappa shape index (κ3) is 1.81. The summed E-state index contributed by atoms with van der Waals surface area (Å²) in [6, 6.07) is 0. The average molecular weight is 198 g/mol. The van der Waals surface area contributed by atoms with Gasteiger partial charge in [-0.2, -0.15) is 0 Å². The smallest absolute Gasteiger partial charge is 0.316 e. The molecular weight excluding hydrogens is 180 g/mol. The Balaban J connectivity index is 2.90. The lowest BCUT2D eigenvalue weighted by Crippen LogP contribution is -2.43. The van der Waals surface area contributed by atoms with Crippen molar-refractivity contribution in [2.45, 2.75) is 33.6 Å². The standard InChI is InChI=1S/C11H18O3/c1-7-5-6-11(2,3)9(12)8(7)10(13)14-4/h7-8H,5-6H2,1-4H3. The summed E-state index contributed by atoms with van der Waals surface area (Å²) in [7, 11) is 1.34. The third-order valence-electron chi connectivity index (χ3n) is 3.20. The number of ketones is 1. The molecule has 0 aliphatic heterocycles. The van der Waals surface area contributed by atoms with Crippen LogP contribution in [0.2, 0.25) is 0 Å². The number of hydrogen-bond acceptors (Lipinski definition) is 3. The average Bonchev–Trinajstić information content (AvgIpc) is 2.13. The van der Waals surface area contributed by atoms with Crippen LogP contribution in [-0.4, -0.2) is 18.9 Å². The van der Waals surface area contributed by atoms with Crippen LogP contribution in [0.4, 0.5) is 0 Å². The minimum absolute atomic E-state index is 0.0306. The fourth-order valence-electron chi connectivity index (χ4n) is 2.02. The Morgan fingerprint density at radius 2 is 2.07 bits per heavy atom. The molecule has 0 amide bonds. The second-order valence-corrected chi connectivity index (χ2v) is 4.76. The van der Waals surface area contributed by atoms with Gasteiger partial charge < -0.3 is 4.74 Å². The topological polar surface area (TPSA) is 43.4 Å². The summed E-state index contributed by atoms with van der Waals surface area (Å²) in [6.45, 7) is 5.74. The second-order valence-electron chi connectivity index (χ2n) is 4.76. The molecule has 1 fully saturated rings. The zero-order valence-electron chi connectivity index (χ0n) is 9.29. The lowest BCUT2D eigenvalue weighted by Gasteiger charge is -2.36. The molecule has 0 bridgehead atoms. The lowest BCUT2D eigenvalue weighted by atomic mass is 9.66. The van der Waals surface area contributed by atoms with Crippen molar-refractivity contribution in [3.8, 4) is 0 Å². The highest BCUT2D eigenvalue weighted by Gasteiger charge is 2.45. The summed E-state index contributed by atoms with van der Waals surface area (Å²) >= 11 is 0. The van der Waals surface area contributed by atoms with Crippen LogP contribution in [0.1, 0.15) is 33.6 Å². The van der Waals surface area contributed by atoms with Gasteiger partial charge in [0.2, 0.25) is 0 Å². The van der Waals surface area contributed by atoms with Crippen LogP contribution >= 0.6 is 0 Å². The van der Waals surface area contributed by atoms with E-state index in [4.69, 9.17) is 0 Å². The first-order chi connectivity index (χ1) is 6.40. The lowest BCUT2D eigenvalue weighted by molar-refractivity contribution is -0.157. The molecule has 0 spiro atoms. The van der Waals surface area contributed by atoms with Gasteiger partial charge in [-0.3, -0.25) is 9.59 Å². The van der Waals surface area contributed by atoms with Crippen LogP contribution < -0.4 is 0 Å². The highest BCUT2D eigenvalue weighted by Crippen LogP contribution is 2.39. The summed E-state index contributed by atoms with van der Waals surface area (Å²) in [5, 5.41) is 0. The van der Waals surface area contributed by atoms with Crippen molar-refractivity contribution in [2.75, 3.05) is 7.11 Å². The van der Waals surface area contributed by atoms with E-state index in [1.165, 1.54) is 7.11 Å². The molecule has 3 heteroatoms. The zero-order chi connectivity index (χ0) is 10.9. The minimum Gasteiger partial charge on any atom is -0.468 e. The number of hydrogen-bond donors (Lipinski definition) is 0. The molecule has 2 unspecified atom stereocenters. The Morgan fingerprint density at radius 1 is 1.50 bits per heavy atom. The summed E-state index contributed by atoms with van der Waals surface area (Å²) in [6.07, 6.45) is 1.78. The van der Waals surface area contributed by atoms with Gasteiger partial charge in [-0.05, 0) is 18.8 Å². The molecule has 0 heterocycles. The molecule has 3 nitrogen and oxygen atoms in total. The first-order valence-electron chi connectivity index (χ1n) is 5.02. The molecular formula is C11H18O3. The van der Waals surface area contributed by atoms with E-state index in [2.05, 4.69) is 4.74 Å². The molecule has 0 N–H and O–H groups in total. The normalized spacial score (nSPS) is 31.3. The van der Waals surface area contributed by atoms with E-state index in [9.17, 15) is 9.59 Å². The monoisotopic (exact) mass is 198 g/mol. The summed E-state index contributed by atoms with van der Waals surface area (Å²) in [5.41, 5.74) is -0.370. The van der Waals surface area contributed by atoms with Crippen molar-refractivity contribution in [2.24, 2.45) is 17.3 Å². The predicted octanol–water partition coefficient (Wildman–Crippen LogP) is 1.80. The first kappa shape index (κ1) is 11.2. The molecule has 1 rings (SSSR count). The quantitative estimate of drug-likeness (QED) is 0.476. The van der Waals surface area contributed by atoms with Gasteiger partial charge in [0.05, 0.1) is 7.11 Å². The number of esters is 1. The Kier molecular flexibility index (Phi) is 2.98. The molecule has 2 atom stereocenters. The van der Waals surface area contributed by atoms with Crippen molar-refractivity contribution in [1.82, 2.24) is 0 Å². The van der Waals surface area contributed by atoms with Gasteiger partial charge in [0.1, 0.15) is 5.92 Å². The van der Waals surface area contributed by atoms with Gasteiger partial charge in [0.15, 0.2) is 5.78 Å². The molecule has 1 aliphatic carbocycles. The molecule has 14 heavy (non-hydrogen) atoms. The maximum absolute atomic E-state index is 12.0. The number of Topliss-reactive ketones (excluding diaryl/α,β-unsaturated/α-hetero) is 1. The fourth-order valence-corrected chi connectivity index (χ4v) is 2.02. The number of carbonyl (C=O) groups is 2. The van der Waals surface area contributed by atoms with Crippen LogP contribution in [-0.2, 0) is 14.3 Å². The summed E-state index contributed by atoms with van der Waals surface area (Å²) < 4.78 is 4.66. The van der Waals surface area contributed by atoms with Crippen molar-refractivity contribution in [3.63, 3.8) is 0 Å². The SMILES string of the molecule is COC(=O)C1C(=O)C(C)(C)CCC1C. The molecule has 0 aromatic rings. The molecule has 0 radical (unpaired) electrons. The largest absolute Gasteiger partial charge is 0.468 e. The van der Waals surface area contributed by atoms with E-state index in [-0.39, 0.29) is 23.1 Å². The van der Waals surface area contributed by atoms with Gasteiger partial charge in [-0.15, -0.1) is 0 Å². The van der Waals surface area contributed by atoms with Gasteiger partial charge in [0, 0.05) is 5.41 Å². The molecule has 80 valence electrons. The van der Waals surface area contributed by atoms with E-state index in [0.717, 1.165) is 12.8 Å². The maximum Gasteiger partial charge on any atom is 0.316 e. The second kappa shape index (κ2) is 3.71. The maximum atomic E-state index is 12.0. The molecule has 0 saturated heterocycles. The van der Waals surface area contributed by atoms with Crippen LogP contribution in [0.25, 0.3) is 0 Å². The fraction of sp³-hybridized carbons (Fsp3) is 0.818. The number of methoxy groups -OCH3 is 1. The van der Waals surface area contributed by atoms with Crippen LogP contribution in [0.15, 0.2) is 0 Å². The third-order valence-corrected chi connectivity index (χ3v) is 3.20. The molecule has 1 aliphatic rings. The van der Waals surface area contributed by atoms with E-state index < -0.39 is 5.92 Å². The van der Waals surface area contributed by atoms with Crippen molar-refractivity contribution in [3.05, 3.63) is 0 Å².